The third kappa shape index (κ3) is 2.27. The van der Waals surface area contributed by atoms with Gasteiger partial charge in [-0.15, -0.1) is 0 Å². The molecule has 1 N–H and O–H groups in total. The second-order valence-corrected chi connectivity index (χ2v) is 5.45. The molecule has 0 saturated carbocycles. The van der Waals surface area contributed by atoms with Crippen LogP contribution in [-0.2, 0) is 17.8 Å². The molecule has 0 atom stereocenters. The number of para-hydroxylation sites is 1. The maximum atomic E-state index is 11.8. The predicted molar refractivity (Wildman–Crippen MR) is 80.8 cm³/mol. The number of carboxylic acid groups (broad SMARTS) is 1. The number of hydrogen-bond acceptors (Lipinski definition) is 4. The number of carboxylic acids is 1. The number of hydrogen-bond donors (Lipinski definition) is 1. The van der Waals surface area contributed by atoms with Gasteiger partial charge in [0.05, 0.1) is 5.69 Å². The van der Waals surface area contributed by atoms with E-state index in [4.69, 9.17) is 9.52 Å². The van der Waals surface area contributed by atoms with Crippen molar-refractivity contribution in [1.82, 2.24) is 4.57 Å². The molecule has 0 aliphatic carbocycles. The molecular formula is C15H13NO4S. The number of carbonyl (C=O) groups is 1. The highest BCUT2D eigenvalue weighted by Gasteiger charge is 2.20. The maximum Gasteiger partial charge on any atom is 0.323 e. The number of benzene rings is 1. The van der Waals surface area contributed by atoms with Crippen molar-refractivity contribution in [2.45, 2.75) is 19.9 Å². The summed E-state index contributed by atoms with van der Waals surface area (Å²) in [6, 6.07) is 7.64. The molecule has 0 spiro atoms. The normalized spacial score (nSPS) is 11.1. The summed E-state index contributed by atoms with van der Waals surface area (Å²) in [6.45, 7) is 1.64. The van der Waals surface area contributed by atoms with Crippen LogP contribution >= 0.6 is 11.3 Å². The Morgan fingerprint density at radius 1 is 1.38 bits per heavy atom. The third-order valence-electron chi connectivity index (χ3n) is 3.36. The molecule has 5 nitrogen and oxygen atoms in total. The van der Waals surface area contributed by atoms with E-state index >= 15 is 0 Å². The molecule has 3 rings (SSSR count). The fraction of sp³-hybridized carbons (Fsp3) is 0.200. The molecule has 0 bridgehead atoms. The van der Waals surface area contributed by atoms with Gasteiger partial charge in [-0.3, -0.25) is 14.2 Å². The van der Waals surface area contributed by atoms with Gasteiger partial charge in [-0.2, -0.15) is 0 Å². The lowest BCUT2D eigenvalue weighted by molar-refractivity contribution is -0.137. The van der Waals surface area contributed by atoms with Crippen LogP contribution in [0.3, 0.4) is 0 Å². The highest BCUT2D eigenvalue weighted by Crippen LogP contribution is 2.34. The molecule has 3 aromatic rings. The first-order valence-corrected chi connectivity index (χ1v) is 7.40. The Morgan fingerprint density at radius 2 is 2.14 bits per heavy atom. The van der Waals surface area contributed by atoms with E-state index in [1.807, 2.05) is 31.2 Å². The smallest absolute Gasteiger partial charge is 0.323 e. The summed E-state index contributed by atoms with van der Waals surface area (Å²) in [6.07, 6.45) is 0.740. The van der Waals surface area contributed by atoms with E-state index < -0.39 is 5.97 Å². The van der Waals surface area contributed by atoms with Crippen molar-refractivity contribution in [1.29, 1.82) is 0 Å². The van der Waals surface area contributed by atoms with Crippen molar-refractivity contribution in [3.8, 4) is 11.5 Å². The van der Waals surface area contributed by atoms with Crippen molar-refractivity contribution < 1.29 is 14.3 Å². The Morgan fingerprint density at radius 3 is 2.86 bits per heavy atom. The summed E-state index contributed by atoms with van der Waals surface area (Å²) < 4.78 is 7.11. The zero-order valence-corrected chi connectivity index (χ0v) is 12.1. The summed E-state index contributed by atoms with van der Waals surface area (Å²) in [5.74, 6) is -0.468. The average Bonchev–Trinajstić information content (AvgIpc) is 2.99. The molecule has 0 saturated heterocycles. The van der Waals surface area contributed by atoms with E-state index in [0.717, 1.165) is 34.3 Å². The molecule has 6 heteroatoms. The number of thiazole rings is 1. The van der Waals surface area contributed by atoms with Gasteiger partial charge >= 0.3 is 10.8 Å². The fourth-order valence-electron chi connectivity index (χ4n) is 2.45. The number of aromatic nitrogens is 1. The lowest BCUT2D eigenvalue weighted by atomic mass is 10.1. The SMILES string of the molecule is CCc1c(-c2csc(=O)n2CC(=O)O)oc2ccccc12. The quantitative estimate of drug-likeness (QED) is 0.804. The van der Waals surface area contributed by atoms with E-state index in [1.165, 1.54) is 4.57 Å². The van der Waals surface area contributed by atoms with Crippen LogP contribution in [0.2, 0.25) is 0 Å². The average molecular weight is 303 g/mol. The molecule has 0 radical (unpaired) electrons. The molecular weight excluding hydrogens is 290 g/mol. The molecule has 0 amide bonds. The van der Waals surface area contributed by atoms with Crippen molar-refractivity contribution in [3.63, 3.8) is 0 Å². The molecule has 21 heavy (non-hydrogen) atoms. The second kappa shape index (κ2) is 5.21. The maximum absolute atomic E-state index is 11.8. The van der Waals surface area contributed by atoms with Crippen molar-refractivity contribution in [2.24, 2.45) is 0 Å². The van der Waals surface area contributed by atoms with Crippen molar-refractivity contribution in [3.05, 3.63) is 44.9 Å². The lowest BCUT2D eigenvalue weighted by Gasteiger charge is -2.04. The predicted octanol–water partition coefficient (Wildman–Crippen LogP) is 2.97. The van der Waals surface area contributed by atoms with Gasteiger partial charge in [-0.05, 0) is 12.5 Å². The van der Waals surface area contributed by atoms with Gasteiger partial charge in [-0.1, -0.05) is 36.5 Å². The second-order valence-electron chi connectivity index (χ2n) is 4.63. The molecule has 2 heterocycles. The van der Waals surface area contributed by atoms with Crippen LogP contribution in [-0.4, -0.2) is 15.6 Å². The zero-order valence-electron chi connectivity index (χ0n) is 11.3. The summed E-state index contributed by atoms with van der Waals surface area (Å²) >= 11 is 0.981. The van der Waals surface area contributed by atoms with E-state index in [9.17, 15) is 9.59 Å². The van der Waals surface area contributed by atoms with Gasteiger partial charge in [0, 0.05) is 16.3 Å². The Hall–Kier alpha value is -2.34. The van der Waals surface area contributed by atoms with Crippen molar-refractivity contribution in [2.75, 3.05) is 0 Å². The fourth-order valence-corrected chi connectivity index (χ4v) is 3.19. The molecule has 108 valence electrons. The zero-order chi connectivity index (χ0) is 15.0. The van der Waals surface area contributed by atoms with Crippen LogP contribution in [0.5, 0.6) is 0 Å². The van der Waals surface area contributed by atoms with Gasteiger partial charge in [0.1, 0.15) is 12.1 Å². The minimum atomic E-state index is -1.05. The molecule has 0 aliphatic rings. The standard InChI is InChI=1S/C15H13NO4S/c1-2-9-10-5-3-4-6-12(10)20-14(9)11-8-21-15(19)16(11)7-13(17)18/h3-6,8H,2,7H2,1H3,(H,17,18). The Kier molecular flexibility index (Phi) is 3.39. The van der Waals surface area contributed by atoms with Gasteiger partial charge < -0.3 is 9.52 Å². The Bertz CT molecular complexity index is 871. The number of nitrogens with zero attached hydrogens (tertiary/aromatic N) is 1. The minimum Gasteiger partial charge on any atom is -0.480 e. The van der Waals surface area contributed by atoms with Crippen LogP contribution in [0, 0.1) is 0 Å². The lowest BCUT2D eigenvalue weighted by Crippen LogP contribution is -2.19. The highest BCUT2D eigenvalue weighted by molar-refractivity contribution is 7.07. The van der Waals surface area contributed by atoms with Crippen LogP contribution in [0.15, 0.2) is 38.9 Å². The van der Waals surface area contributed by atoms with Gasteiger partial charge in [0.25, 0.3) is 0 Å². The Labute approximate surface area is 124 Å². The number of furan rings is 1. The highest BCUT2D eigenvalue weighted by atomic mass is 32.1. The first kappa shape index (κ1) is 13.6. The monoisotopic (exact) mass is 303 g/mol. The van der Waals surface area contributed by atoms with Crippen molar-refractivity contribution >= 4 is 28.3 Å². The van der Waals surface area contributed by atoms with Gasteiger partial charge in [0.2, 0.25) is 0 Å². The first-order chi connectivity index (χ1) is 10.1. The molecule has 1 aromatic carbocycles. The molecule has 2 aromatic heterocycles. The van der Waals surface area contributed by atoms with E-state index in [0.29, 0.717) is 11.5 Å². The molecule has 0 aliphatic heterocycles. The Balaban J connectivity index is 2.26. The largest absolute Gasteiger partial charge is 0.480 e. The number of aryl methyl sites for hydroxylation is 1. The van der Waals surface area contributed by atoms with E-state index in [-0.39, 0.29) is 11.4 Å². The molecule has 0 unspecified atom stereocenters. The summed E-state index contributed by atoms with van der Waals surface area (Å²) in [5.41, 5.74) is 2.26. The number of rotatable bonds is 4. The minimum absolute atomic E-state index is 0.296. The summed E-state index contributed by atoms with van der Waals surface area (Å²) in [4.78, 5) is 22.5. The van der Waals surface area contributed by atoms with Gasteiger partial charge in [0.15, 0.2) is 5.76 Å². The van der Waals surface area contributed by atoms with Crippen LogP contribution in [0.25, 0.3) is 22.4 Å². The van der Waals surface area contributed by atoms with Crippen LogP contribution in [0.1, 0.15) is 12.5 Å². The number of fused-ring (bicyclic) bond motifs is 1. The van der Waals surface area contributed by atoms with Crippen LogP contribution < -0.4 is 4.87 Å². The van der Waals surface area contributed by atoms with E-state index in [2.05, 4.69) is 0 Å². The third-order valence-corrected chi connectivity index (χ3v) is 4.12. The van der Waals surface area contributed by atoms with Gasteiger partial charge in [-0.25, -0.2) is 0 Å². The number of aliphatic carboxylic acids is 1. The first-order valence-electron chi connectivity index (χ1n) is 6.52. The summed E-state index contributed by atoms with van der Waals surface area (Å²) in [7, 11) is 0. The van der Waals surface area contributed by atoms with E-state index in [1.54, 1.807) is 5.38 Å². The van der Waals surface area contributed by atoms with Crippen LogP contribution in [0.4, 0.5) is 0 Å². The topological polar surface area (TPSA) is 72.4 Å². The molecule has 0 fully saturated rings. The summed E-state index contributed by atoms with van der Waals surface area (Å²) in [5, 5.41) is 11.6.